The van der Waals surface area contributed by atoms with Crippen molar-refractivity contribution in [3.63, 3.8) is 0 Å². The van der Waals surface area contributed by atoms with Gasteiger partial charge in [0.2, 0.25) is 5.91 Å². The minimum Gasteiger partial charge on any atom is -0.379 e. The standard InChI is InChI=1S/C27H35N3O2S2/c1-19(2)33-23-8-6-22(7-9-23)18-26(31)30(11-5-10-29-12-14-32-15-13-29)27-28-24-16-20(3)21(4)17-25(24)34-27/h6-9,16-17,19H,5,10-15,18H2,1-4H3. The van der Waals surface area contributed by atoms with E-state index in [1.165, 1.54) is 16.0 Å². The summed E-state index contributed by atoms with van der Waals surface area (Å²) in [6.07, 6.45) is 1.31. The fourth-order valence-corrected chi connectivity index (χ4v) is 6.04. The summed E-state index contributed by atoms with van der Waals surface area (Å²) in [4.78, 5) is 24.0. The first-order chi connectivity index (χ1) is 16.4. The number of benzene rings is 2. The third kappa shape index (κ3) is 6.60. The lowest BCUT2D eigenvalue weighted by molar-refractivity contribution is -0.118. The number of aromatic nitrogens is 1. The molecule has 0 bridgehead atoms. The van der Waals surface area contributed by atoms with E-state index in [0.29, 0.717) is 18.2 Å². The second-order valence-electron chi connectivity index (χ2n) is 9.24. The summed E-state index contributed by atoms with van der Waals surface area (Å²) in [5, 5.41) is 1.35. The van der Waals surface area contributed by atoms with Gasteiger partial charge in [-0.1, -0.05) is 37.3 Å². The van der Waals surface area contributed by atoms with Gasteiger partial charge in [0.15, 0.2) is 5.13 Å². The smallest absolute Gasteiger partial charge is 0.233 e. The zero-order valence-corrected chi connectivity index (χ0v) is 22.3. The highest BCUT2D eigenvalue weighted by Gasteiger charge is 2.21. The van der Waals surface area contributed by atoms with Crippen molar-refractivity contribution >= 4 is 44.4 Å². The molecular formula is C27H35N3O2S2. The molecule has 4 rings (SSSR count). The number of fused-ring (bicyclic) bond motifs is 1. The zero-order chi connectivity index (χ0) is 24.1. The number of carbonyl (C=O) groups is 1. The Hall–Kier alpha value is -1.93. The Morgan fingerprint density at radius 3 is 2.56 bits per heavy atom. The van der Waals surface area contributed by atoms with Gasteiger partial charge in [0.25, 0.3) is 0 Å². The number of hydrogen-bond donors (Lipinski definition) is 0. The molecule has 0 aliphatic carbocycles. The van der Waals surface area contributed by atoms with Crippen LogP contribution in [0.4, 0.5) is 5.13 Å². The van der Waals surface area contributed by atoms with Crippen LogP contribution in [0.3, 0.4) is 0 Å². The lowest BCUT2D eigenvalue weighted by Gasteiger charge is -2.27. The van der Waals surface area contributed by atoms with E-state index >= 15 is 0 Å². The molecule has 7 heteroatoms. The Morgan fingerprint density at radius 1 is 1.15 bits per heavy atom. The molecule has 0 atom stereocenters. The van der Waals surface area contributed by atoms with Crippen LogP contribution in [0.25, 0.3) is 10.2 Å². The van der Waals surface area contributed by atoms with Gasteiger partial charge < -0.3 is 4.74 Å². The summed E-state index contributed by atoms with van der Waals surface area (Å²) in [5.41, 5.74) is 4.51. The number of aryl methyl sites for hydroxylation is 2. The Kier molecular flexibility index (Phi) is 8.64. The topological polar surface area (TPSA) is 45.7 Å². The number of nitrogens with zero attached hydrogens (tertiary/aromatic N) is 3. The number of morpholine rings is 1. The van der Waals surface area contributed by atoms with Crippen LogP contribution in [0.2, 0.25) is 0 Å². The molecule has 0 spiro atoms. The Morgan fingerprint density at radius 2 is 1.85 bits per heavy atom. The maximum atomic E-state index is 13.5. The van der Waals surface area contributed by atoms with Gasteiger partial charge in [-0.25, -0.2) is 4.98 Å². The van der Waals surface area contributed by atoms with Crippen molar-refractivity contribution in [2.45, 2.75) is 50.7 Å². The number of ether oxygens (including phenoxy) is 1. The van der Waals surface area contributed by atoms with E-state index in [1.807, 2.05) is 16.7 Å². The van der Waals surface area contributed by atoms with Gasteiger partial charge in [0.1, 0.15) is 0 Å². The van der Waals surface area contributed by atoms with Crippen molar-refractivity contribution < 1.29 is 9.53 Å². The predicted octanol–water partition coefficient (Wildman–Crippen LogP) is 5.71. The summed E-state index contributed by atoms with van der Waals surface area (Å²) < 4.78 is 6.61. The SMILES string of the molecule is Cc1cc2nc(N(CCCN3CCOCC3)C(=O)Cc3ccc(SC(C)C)cc3)sc2cc1C. The maximum absolute atomic E-state index is 13.5. The highest BCUT2D eigenvalue weighted by molar-refractivity contribution is 7.99. The molecule has 1 amide bonds. The van der Waals surface area contributed by atoms with Crippen molar-refractivity contribution in [3.05, 3.63) is 53.1 Å². The van der Waals surface area contributed by atoms with Crippen molar-refractivity contribution in [1.29, 1.82) is 0 Å². The fourth-order valence-electron chi connectivity index (χ4n) is 4.12. The van der Waals surface area contributed by atoms with Crippen LogP contribution in [0.5, 0.6) is 0 Å². The molecule has 3 aromatic rings. The van der Waals surface area contributed by atoms with Gasteiger partial charge in [0, 0.05) is 36.3 Å². The molecule has 1 saturated heterocycles. The van der Waals surface area contributed by atoms with Crippen LogP contribution in [-0.2, 0) is 16.0 Å². The van der Waals surface area contributed by atoms with E-state index in [1.54, 1.807) is 11.3 Å². The third-order valence-corrected chi connectivity index (χ3v) is 8.19. The number of rotatable bonds is 9. The molecule has 1 aliphatic rings. The molecule has 182 valence electrons. The molecule has 0 unspecified atom stereocenters. The quantitative estimate of drug-likeness (QED) is 0.354. The van der Waals surface area contributed by atoms with Gasteiger partial charge in [-0.05, 0) is 61.2 Å². The molecule has 0 radical (unpaired) electrons. The lowest BCUT2D eigenvalue weighted by Crippen LogP contribution is -2.39. The predicted molar refractivity (Wildman–Crippen MR) is 144 cm³/mol. The number of thiazole rings is 1. The zero-order valence-electron chi connectivity index (χ0n) is 20.7. The van der Waals surface area contributed by atoms with E-state index in [9.17, 15) is 4.79 Å². The highest BCUT2D eigenvalue weighted by Crippen LogP contribution is 2.31. The van der Waals surface area contributed by atoms with E-state index in [-0.39, 0.29) is 5.91 Å². The Labute approximate surface area is 211 Å². The number of hydrogen-bond acceptors (Lipinski definition) is 6. The first kappa shape index (κ1) is 25.2. The molecule has 2 heterocycles. The van der Waals surface area contributed by atoms with Crippen LogP contribution >= 0.6 is 23.1 Å². The van der Waals surface area contributed by atoms with E-state index < -0.39 is 0 Å². The number of amides is 1. The maximum Gasteiger partial charge on any atom is 0.233 e. The number of anilines is 1. The molecule has 34 heavy (non-hydrogen) atoms. The van der Waals surface area contributed by atoms with Gasteiger partial charge in [0.05, 0.1) is 29.9 Å². The van der Waals surface area contributed by atoms with E-state index in [0.717, 1.165) is 60.2 Å². The first-order valence-electron chi connectivity index (χ1n) is 12.1. The van der Waals surface area contributed by atoms with Crippen LogP contribution in [0, 0.1) is 13.8 Å². The number of carbonyl (C=O) groups excluding carboxylic acids is 1. The average molecular weight is 498 g/mol. The average Bonchev–Trinajstić information content (AvgIpc) is 3.20. The van der Waals surface area contributed by atoms with Gasteiger partial charge in [-0.2, -0.15) is 0 Å². The summed E-state index contributed by atoms with van der Waals surface area (Å²) >= 11 is 3.46. The van der Waals surface area contributed by atoms with Crippen molar-refractivity contribution in [2.24, 2.45) is 0 Å². The highest BCUT2D eigenvalue weighted by atomic mass is 32.2. The molecule has 1 aromatic heterocycles. The van der Waals surface area contributed by atoms with E-state index in [4.69, 9.17) is 9.72 Å². The van der Waals surface area contributed by atoms with Gasteiger partial charge in [-0.15, -0.1) is 11.8 Å². The third-order valence-electron chi connectivity index (χ3n) is 6.13. The van der Waals surface area contributed by atoms with Gasteiger partial charge in [-0.3, -0.25) is 14.6 Å². The number of thioether (sulfide) groups is 1. The van der Waals surface area contributed by atoms with Crippen LogP contribution in [0.15, 0.2) is 41.3 Å². The second-order valence-corrected chi connectivity index (χ2v) is 11.9. The van der Waals surface area contributed by atoms with Crippen LogP contribution in [0.1, 0.15) is 37.0 Å². The minimum absolute atomic E-state index is 0.110. The van der Waals surface area contributed by atoms with Crippen LogP contribution < -0.4 is 4.90 Å². The fraction of sp³-hybridized carbons (Fsp3) is 0.481. The molecular weight excluding hydrogens is 462 g/mol. The summed E-state index contributed by atoms with van der Waals surface area (Å²) in [6, 6.07) is 12.7. The largest absolute Gasteiger partial charge is 0.379 e. The minimum atomic E-state index is 0.110. The van der Waals surface area contributed by atoms with Gasteiger partial charge >= 0.3 is 0 Å². The molecule has 0 N–H and O–H groups in total. The lowest BCUT2D eigenvalue weighted by atomic mass is 10.1. The second kappa shape index (κ2) is 11.7. The summed E-state index contributed by atoms with van der Waals surface area (Å²) in [6.45, 7) is 13.8. The molecule has 2 aromatic carbocycles. The normalized spacial score (nSPS) is 14.7. The summed E-state index contributed by atoms with van der Waals surface area (Å²) in [7, 11) is 0. The van der Waals surface area contributed by atoms with E-state index in [2.05, 4.69) is 69.0 Å². The van der Waals surface area contributed by atoms with Crippen molar-refractivity contribution in [2.75, 3.05) is 44.3 Å². The monoisotopic (exact) mass is 497 g/mol. The Bertz CT molecular complexity index is 1070. The van der Waals surface area contributed by atoms with Crippen LogP contribution in [-0.4, -0.2) is 60.4 Å². The molecule has 5 nitrogen and oxygen atoms in total. The summed E-state index contributed by atoms with van der Waals surface area (Å²) in [5.74, 6) is 0.110. The molecule has 1 aliphatic heterocycles. The molecule has 1 fully saturated rings. The first-order valence-corrected chi connectivity index (χ1v) is 13.8. The van der Waals surface area contributed by atoms with Crippen molar-refractivity contribution in [1.82, 2.24) is 9.88 Å². The molecule has 0 saturated carbocycles. The van der Waals surface area contributed by atoms with Crippen molar-refractivity contribution in [3.8, 4) is 0 Å². The Balaban J connectivity index is 1.50.